The molecule has 0 aliphatic carbocycles. The molecule has 3 rings (SSSR count). The summed E-state index contributed by atoms with van der Waals surface area (Å²) in [5.41, 5.74) is 2.96. The monoisotopic (exact) mass is 373 g/mol. The van der Waals surface area contributed by atoms with Crippen LogP contribution in [-0.2, 0) is 20.9 Å². The van der Waals surface area contributed by atoms with Crippen LogP contribution >= 0.6 is 11.6 Å². The van der Waals surface area contributed by atoms with Crippen molar-refractivity contribution >= 4 is 29.4 Å². The van der Waals surface area contributed by atoms with Gasteiger partial charge in [-0.15, -0.1) is 0 Å². The lowest BCUT2D eigenvalue weighted by Gasteiger charge is -2.25. The Kier molecular flexibility index (Phi) is 5.42. The zero-order valence-corrected chi connectivity index (χ0v) is 15.4. The molecule has 1 aliphatic heterocycles. The average molecular weight is 374 g/mol. The van der Waals surface area contributed by atoms with Crippen LogP contribution in [0.25, 0.3) is 0 Å². The van der Waals surface area contributed by atoms with E-state index in [1.807, 2.05) is 24.3 Å². The second kappa shape index (κ2) is 7.74. The zero-order chi connectivity index (χ0) is 18.7. The Balaban J connectivity index is 1.98. The number of ether oxygens (including phenoxy) is 1. The number of allylic oxidation sites excluding steroid dienone is 2. The summed E-state index contributed by atoms with van der Waals surface area (Å²) in [6.07, 6.45) is 5.71. The molecular weight excluding hydrogens is 354 g/mol. The summed E-state index contributed by atoms with van der Waals surface area (Å²) in [5.74, 6) is -0.615. The second-order valence-electron chi connectivity index (χ2n) is 6.14. The molecule has 0 amide bonds. The molecule has 0 saturated heterocycles. The highest BCUT2D eigenvalue weighted by molar-refractivity contribution is 6.31. The molecule has 1 N–H and O–H groups in total. The third kappa shape index (κ3) is 3.80. The molecule has 2 aromatic rings. The Hall–Kier alpha value is -2.60. The fourth-order valence-electron chi connectivity index (χ4n) is 3.08. The molecule has 6 nitrogen and oxygen atoms in total. The van der Waals surface area contributed by atoms with Gasteiger partial charge in [0.05, 0.1) is 6.20 Å². The molecule has 1 atom stereocenters. The van der Waals surface area contributed by atoms with E-state index in [9.17, 15) is 9.59 Å². The Morgan fingerprint density at radius 3 is 2.77 bits per heavy atom. The fourth-order valence-corrected chi connectivity index (χ4v) is 3.34. The second-order valence-corrected chi connectivity index (χ2v) is 6.55. The number of esters is 2. The number of halogens is 1. The van der Waals surface area contributed by atoms with E-state index in [0.717, 1.165) is 35.5 Å². The van der Waals surface area contributed by atoms with E-state index in [2.05, 4.69) is 28.2 Å². The Bertz CT molecular complexity index is 873. The van der Waals surface area contributed by atoms with Crippen molar-refractivity contribution < 1.29 is 14.3 Å². The highest BCUT2D eigenvalue weighted by atomic mass is 35.5. The number of aromatic nitrogens is 2. The number of carbonyl (C=O) groups is 2. The third-order valence-corrected chi connectivity index (χ3v) is 4.49. The van der Waals surface area contributed by atoms with Crippen molar-refractivity contribution in [1.82, 2.24) is 9.78 Å². The van der Waals surface area contributed by atoms with Crippen molar-refractivity contribution in [3.63, 3.8) is 0 Å². The van der Waals surface area contributed by atoms with Gasteiger partial charge in [-0.2, -0.15) is 5.10 Å². The van der Waals surface area contributed by atoms with Crippen LogP contribution in [0.3, 0.4) is 0 Å². The Morgan fingerprint density at radius 1 is 1.31 bits per heavy atom. The summed E-state index contributed by atoms with van der Waals surface area (Å²) in [5, 5.41) is 8.34. The van der Waals surface area contributed by atoms with Gasteiger partial charge in [-0.05, 0) is 18.1 Å². The van der Waals surface area contributed by atoms with Gasteiger partial charge in [-0.1, -0.05) is 49.2 Å². The molecule has 1 aliphatic rings. The maximum atomic E-state index is 11.9. The number of anilines is 1. The Morgan fingerprint density at radius 2 is 2.08 bits per heavy atom. The van der Waals surface area contributed by atoms with Crippen LogP contribution in [0.2, 0.25) is 5.02 Å². The Labute approximate surface area is 156 Å². The quantitative estimate of drug-likeness (QED) is 0.636. The third-order valence-electron chi connectivity index (χ3n) is 4.15. The number of fused-ring (bicyclic) bond motifs is 1. The molecule has 0 saturated carbocycles. The maximum Gasteiger partial charge on any atom is 0.335 e. The first-order valence-electron chi connectivity index (χ1n) is 8.48. The normalized spacial score (nSPS) is 15.7. The largest absolute Gasteiger partial charge is 0.392 e. The maximum absolute atomic E-state index is 11.9. The van der Waals surface area contributed by atoms with Crippen molar-refractivity contribution in [2.24, 2.45) is 0 Å². The predicted molar refractivity (Wildman–Crippen MR) is 98.9 cm³/mol. The lowest BCUT2D eigenvalue weighted by Crippen LogP contribution is -2.21. The van der Waals surface area contributed by atoms with E-state index in [4.69, 9.17) is 11.6 Å². The van der Waals surface area contributed by atoms with Gasteiger partial charge in [-0.3, -0.25) is 4.79 Å². The summed E-state index contributed by atoms with van der Waals surface area (Å²) >= 11 is 6.41. The zero-order valence-electron chi connectivity index (χ0n) is 14.7. The first kappa shape index (κ1) is 18.2. The number of carbonyl (C=O) groups excluding carboxylic acids is 2. The molecular formula is C19H20ClN3O3. The smallest absolute Gasteiger partial charge is 0.335 e. The van der Waals surface area contributed by atoms with Gasteiger partial charge in [-0.25, -0.2) is 9.48 Å². The molecule has 0 bridgehead atoms. The van der Waals surface area contributed by atoms with Crippen LogP contribution in [0.1, 0.15) is 43.7 Å². The SMILES string of the molecule is CCCC1=CC(c2ccccc2Cl)c2cnn(CC(=O)OC(C)=O)c2N1. The van der Waals surface area contributed by atoms with E-state index in [1.54, 1.807) is 6.20 Å². The average Bonchev–Trinajstić information content (AvgIpc) is 2.97. The highest BCUT2D eigenvalue weighted by Gasteiger charge is 2.27. The molecule has 26 heavy (non-hydrogen) atoms. The van der Waals surface area contributed by atoms with Gasteiger partial charge in [0.1, 0.15) is 12.4 Å². The highest BCUT2D eigenvalue weighted by Crippen LogP contribution is 2.40. The van der Waals surface area contributed by atoms with Crippen LogP contribution in [0.15, 0.2) is 42.2 Å². The summed E-state index contributed by atoms with van der Waals surface area (Å²) in [7, 11) is 0. The number of nitrogens with one attached hydrogen (secondary N) is 1. The lowest BCUT2D eigenvalue weighted by atomic mass is 9.89. The fraction of sp³-hybridized carbons (Fsp3) is 0.316. The van der Waals surface area contributed by atoms with Gasteiger partial charge in [0, 0.05) is 29.1 Å². The molecule has 7 heteroatoms. The molecule has 136 valence electrons. The van der Waals surface area contributed by atoms with Gasteiger partial charge < -0.3 is 10.1 Å². The van der Waals surface area contributed by atoms with Crippen LogP contribution in [-0.4, -0.2) is 21.7 Å². The van der Waals surface area contributed by atoms with Crippen LogP contribution in [0.5, 0.6) is 0 Å². The van der Waals surface area contributed by atoms with Crippen molar-refractivity contribution in [1.29, 1.82) is 0 Å². The first-order chi connectivity index (χ1) is 12.5. The van der Waals surface area contributed by atoms with Crippen LogP contribution in [0.4, 0.5) is 5.82 Å². The summed E-state index contributed by atoms with van der Waals surface area (Å²) < 4.78 is 6.14. The van der Waals surface area contributed by atoms with Crippen LogP contribution in [0, 0.1) is 0 Å². The molecule has 0 fully saturated rings. The number of hydrogen-bond acceptors (Lipinski definition) is 5. The van der Waals surface area contributed by atoms with Gasteiger partial charge >= 0.3 is 11.9 Å². The standard InChI is InChI=1S/C19H20ClN3O3/c1-3-6-13-9-15(14-7-4-5-8-17(14)20)16-10-21-23(19(16)22-13)11-18(25)26-12(2)24/h4-5,7-10,15,22H,3,6,11H2,1-2H3. The minimum atomic E-state index is -0.647. The van der Waals surface area contributed by atoms with Gasteiger partial charge in [0.15, 0.2) is 0 Å². The lowest BCUT2D eigenvalue weighted by molar-refractivity contribution is -0.158. The number of hydrogen-bond donors (Lipinski definition) is 1. The van der Waals surface area contributed by atoms with Crippen molar-refractivity contribution in [2.45, 2.75) is 39.2 Å². The van der Waals surface area contributed by atoms with Gasteiger partial charge in [0.25, 0.3) is 0 Å². The van der Waals surface area contributed by atoms with E-state index < -0.39 is 11.9 Å². The topological polar surface area (TPSA) is 73.2 Å². The number of rotatable bonds is 5. The predicted octanol–water partition coefficient (Wildman–Crippen LogP) is 3.87. The first-order valence-corrected chi connectivity index (χ1v) is 8.86. The molecule has 0 radical (unpaired) electrons. The van der Waals surface area contributed by atoms with Crippen molar-refractivity contribution in [3.05, 3.63) is 58.4 Å². The molecule has 1 unspecified atom stereocenters. The van der Waals surface area contributed by atoms with Gasteiger partial charge in [0.2, 0.25) is 0 Å². The molecule has 2 heterocycles. The molecule has 1 aromatic carbocycles. The van der Waals surface area contributed by atoms with E-state index >= 15 is 0 Å². The van der Waals surface area contributed by atoms with Crippen LogP contribution < -0.4 is 5.32 Å². The molecule has 0 spiro atoms. The van der Waals surface area contributed by atoms with E-state index in [-0.39, 0.29) is 12.5 Å². The number of benzene rings is 1. The van der Waals surface area contributed by atoms with E-state index in [0.29, 0.717) is 5.02 Å². The molecule has 1 aromatic heterocycles. The van der Waals surface area contributed by atoms with Crippen molar-refractivity contribution in [3.8, 4) is 0 Å². The van der Waals surface area contributed by atoms with Crippen molar-refractivity contribution in [2.75, 3.05) is 5.32 Å². The van der Waals surface area contributed by atoms with E-state index in [1.165, 1.54) is 11.6 Å². The number of nitrogens with zero attached hydrogens (tertiary/aromatic N) is 2. The summed E-state index contributed by atoms with van der Waals surface area (Å²) in [6.45, 7) is 3.16. The minimum absolute atomic E-state index is 0.0564. The summed E-state index contributed by atoms with van der Waals surface area (Å²) in [4.78, 5) is 22.8. The minimum Gasteiger partial charge on any atom is -0.392 e. The summed E-state index contributed by atoms with van der Waals surface area (Å²) in [6, 6.07) is 7.70.